The van der Waals surface area contributed by atoms with Crippen LogP contribution >= 0.6 is 23.8 Å². The van der Waals surface area contributed by atoms with Crippen LogP contribution < -0.4 is 10.6 Å². The largest absolute Gasteiger partial charge is 0.416 e. The van der Waals surface area contributed by atoms with Gasteiger partial charge >= 0.3 is 6.18 Å². The van der Waals surface area contributed by atoms with E-state index in [1.807, 2.05) is 0 Å². The molecule has 8 heteroatoms. The lowest BCUT2D eigenvalue weighted by molar-refractivity contribution is -0.137. The summed E-state index contributed by atoms with van der Waals surface area (Å²) in [6.07, 6.45) is -4.44. The Labute approximate surface area is 140 Å². The normalized spacial score (nSPS) is 11.0. The van der Waals surface area contributed by atoms with Crippen LogP contribution in [-0.4, -0.2) is 11.0 Å². The molecule has 0 heterocycles. The molecule has 23 heavy (non-hydrogen) atoms. The SMILES string of the molecule is O=C(NC(=S)Nc1ccc(Cl)cc1)c1ccc(C(F)(F)F)cc1. The van der Waals surface area contributed by atoms with Gasteiger partial charge in [-0.1, -0.05) is 11.6 Å². The Morgan fingerprint density at radius 3 is 2.09 bits per heavy atom. The molecule has 2 N–H and O–H groups in total. The fourth-order valence-electron chi connectivity index (χ4n) is 1.68. The Morgan fingerprint density at radius 2 is 1.57 bits per heavy atom. The smallest absolute Gasteiger partial charge is 0.332 e. The molecule has 2 rings (SSSR count). The molecule has 120 valence electrons. The van der Waals surface area contributed by atoms with Crippen molar-refractivity contribution in [1.29, 1.82) is 0 Å². The summed E-state index contributed by atoms with van der Waals surface area (Å²) < 4.78 is 37.4. The van der Waals surface area contributed by atoms with Gasteiger partial charge in [-0.05, 0) is 60.7 Å². The zero-order chi connectivity index (χ0) is 17.0. The zero-order valence-electron chi connectivity index (χ0n) is 11.4. The number of anilines is 1. The molecule has 0 aliphatic heterocycles. The molecule has 2 aromatic carbocycles. The van der Waals surface area contributed by atoms with Gasteiger partial charge in [0.05, 0.1) is 5.56 Å². The molecule has 0 saturated carbocycles. The van der Waals surface area contributed by atoms with E-state index in [0.717, 1.165) is 24.3 Å². The van der Waals surface area contributed by atoms with Gasteiger partial charge in [0.2, 0.25) is 0 Å². The second kappa shape index (κ2) is 6.97. The molecule has 0 bridgehead atoms. The second-order valence-corrected chi connectivity index (χ2v) is 5.33. The van der Waals surface area contributed by atoms with E-state index in [1.165, 1.54) is 0 Å². The molecule has 0 radical (unpaired) electrons. The number of thiocarbonyl (C=S) groups is 1. The molecule has 3 nitrogen and oxygen atoms in total. The third-order valence-electron chi connectivity index (χ3n) is 2.80. The van der Waals surface area contributed by atoms with Gasteiger partial charge in [-0.25, -0.2) is 0 Å². The Balaban J connectivity index is 1.98. The Bertz CT molecular complexity index is 715. The maximum Gasteiger partial charge on any atom is 0.416 e. The van der Waals surface area contributed by atoms with E-state index >= 15 is 0 Å². The van der Waals surface area contributed by atoms with E-state index in [1.54, 1.807) is 24.3 Å². The minimum Gasteiger partial charge on any atom is -0.332 e. The summed E-state index contributed by atoms with van der Waals surface area (Å²) in [7, 11) is 0. The summed E-state index contributed by atoms with van der Waals surface area (Å²) in [6, 6.07) is 10.5. The van der Waals surface area contributed by atoms with Crippen LogP contribution in [0.5, 0.6) is 0 Å². The highest BCUT2D eigenvalue weighted by molar-refractivity contribution is 7.80. The molecular formula is C15H10ClF3N2OS. The van der Waals surface area contributed by atoms with Gasteiger partial charge in [0.1, 0.15) is 0 Å². The summed E-state index contributed by atoms with van der Waals surface area (Å²) in [4.78, 5) is 11.9. The van der Waals surface area contributed by atoms with Crippen LogP contribution in [0, 0.1) is 0 Å². The lowest BCUT2D eigenvalue weighted by atomic mass is 10.1. The Hall–Kier alpha value is -2.12. The third-order valence-corrected chi connectivity index (χ3v) is 3.26. The van der Waals surface area contributed by atoms with E-state index in [2.05, 4.69) is 10.6 Å². The molecule has 0 fully saturated rings. The van der Waals surface area contributed by atoms with Crippen molar-refractivity contribution in [3.8, 4) is 0 Å². The average Bonchev–Trinajstić information content (AvgIpc) is 2.49. The second-order valence-electron chi connectivity index (χ2n) is 4.49. The van der Waals surface area contributed by atoms with Crippen LogP contribution in [0.4, 0.5) is 18.9 Å². The number of halogens is 4. The van der Waals surface area contributed by atoms with Gasteiger partial charge < -0.3 is 5.32 Å². The summed E-state index contributed by atoms with van der Waals surface area (Å²) >= 11 is 10.7. The van der Waals surface area contributed by atoms with Crippen molar-refractivity contribution in [2.75, 3.05) is 5.32 Å². The number of rotatable bonds is 2. The molecule has 0 saturated heterocycles. The van der Waals surface area contributed by atoms with Crippen LogP contribution in [0.1, 0.15) is 15.9 Å². The predicted octanol–water partition coefficient (Wildman–Crippen LogP) is 4.49. The van der Waals surface area contributed by atoms with Crippen molar-refractivity contribution in [2.45, 2.75) is 6.18 Å². The number of alkyl halides is 3. The molecule has 0 atom stereocenters. The monoisotopic (exact) mass is 358 g/mol. The van der Waals surface area contributed by atoms with E-state index in [4.69, 9.17) is 23.8 Å². The van der Waals surface area contributed by atoms with Crippen LogP contribution in [-0.2, 0) is 6.18 Å². The van der Waals surface area contributed by atoms with Crippen molar-refractivity contribution in [3.05, 3.63) is 64.7 Å². The Morgan fingerprint density at radius 1 is 1.00 bits per heavy atom. The predicted molar refractivity (Wildman–Crippen MR) is 86.6 cm³/mol. The number of amides is 1. The zero-order valence-corrected chi connectivity index (χ0v) is 13.0. The van der Waals surface area contributed by atoms with Crippen LogP contribution in [0.15, 0.2) is 48.5 Å². The topological polar surface area (TPSA) is 41.1 Å². The number of benzene rings is 2. The third kappa shape index (κ3) is 4.94. The van der Waals surface area contributed by atoms with E-state index in [0.29, 0.717) is 10.7 Å². The summed E-state index contributed by atoms with van der Waals surface area (Å²) in [5.74, 6) is -0.606. The van der Waals surface area contributed by atoms with E-state index < -0.39 is 17.6 Å². The first-order valence-corrected chi connectivity index (χ1v) is 7.09. The van der Waals surface area contributed by atoms with Gasteiger partial charge in [-0.2, -0.15) is 13.2 Å². The first-order valence-electron chi connectivity index (χ1n) is 6.31. The minimum atomic E-state index is -4.44. The van der Waals surface area contributed by atoms with E-state index in [-0.39, 0.29) is 10.7 Å². The number of carbonyl (C=O) groups is 1. The highest BCUT2D eigenvalue weighted by Crippen LogP contribution is 2.29. The Kier molecular flexibility index (Phi) is 5.23. The number of hydrogen-bond acceptors (Lipinski definition) is 2. The fourth-order valence-corrected chi connectivity index (χ4v) is 2.02. The van der Waals surface area contributed by atoms with Crippen molar-refractivity contribution < 1.29 is 18.0 Å². The quantitative estimate of drug-likeness (QED) is 0.777. The molecule has 2 aromatic rings. The average molecular weight is 359 g/mol. The summed E-state index contributed by atoms with van der Waals surface area (Å²) in [6.45, 7) is 0. The molecule has 0 spiro atoms. The van der Waals surface area contributed by atoms with Gasteiger partial charge in [0.25, 0.3) is 5.91 Å². The van der Waals surface area contributed by atoms with Gasteiger partial charge in [-0.15, -0.1) is 0 Å². The van der Waals surface area contributed by atoms with E-state index in [9.17, 15) is 18.0 Å². The minimum absolute atomic E-state index is 0.0252. The van der Waals surface area contributed by atoms with Crippen molar-refractivity contribution in [3.63, 3.8) is 0 Å². The van der Waals surface area contributed by atoms with Crippen molar-refractivity contribution in [1.82, 2.24) is 5.32 Å². The fraction of sp³-hybridized carbons (Fsp3) is 0.0667. The molecule has 0 aliphatic rings. The lowest BCUT2D eigenvalue weighted by Crippen LogP contribution is -2.34. The first-order chi connectivity index (χ1) is 10.8. The highest BCUT2D eigenvalue weighted by atomic mass is 35.5. The summed E-state index contributed by atoms with van der Waals surface area (Å²) in [5.41, 5.74) is -0.138. The maximum atomic E-state index is 12.5. The van der Waals surface area contributed by atoms with Gasteiger partial charge in [-0.3, -0.25) is 10.1 Å². The molecule has 0 aliphatic carbocycles. The van der Waals surface area contributed by atoms with Crippen molar-refractivity contribution >= 4 is 40.5 Å². The molecular weight excluding hydrogens is 349 g/mol. The van der Waals surface area contributed by atoms with Gasteiger partial charge in [0, 0.05) is 16.3 Å². The van der Waals surface area contributed by atoms with Gasteiger partial charge in [0.15, 0.2) is 5.11 Å². The standard InChI is InChI=1S/C15H10ClF3N2OS/c16-11-5-7-12(8-6-11)20-14(23)21-13(22)9-1-3-10(4-2-9)15(17,18)19/h1-8H,(H2,20,21,22,23). The number of hydrogen-bond donors (Lipinski definition) is 2. The van der Waals surface area contributed by atoms with Crippen molar-refractivity contribution in [2.24, 2.45) is 0 Å². The molecule has 1 amide bonds. The number of nitrogens with one attached hydrogen (secondary N) is 2. The van der Waals surface area contributed by atoms with Crippen LogP contribution in [0.2, 0.25) is 5.02 Å². The lowest BCUT2D eigenvalue weighted by Gasteiger charge is -2.10. The van der Waals surface area contributed by atoms with Crippen LogP contribution in [0.25, 0.3) is 0 Å². The molecule has 0 aromatic heterocycles. The highest BCUT2D eigenvalue weighted by Gasteiger charge is 2.30. The maximum absolute atomic E-state index is 12.5. The summed E-state index contributed by atoms with van der Waals surface area (Å²) in [5, 5.41) is 5.73. The number of carbonyl (C=O) groups excluding carboxylic acids is 1. The van der Waals surface area contributed by atoms with Crippen LogP contribution in [0.3, 0.4) is 0 Å². The molecule has 0 unspecified atom stereocenters. The first kappa shape index (κ1) is 17.2.